The molecule has 0 saturated heterocycles. The minimum atomic E-state index is -0.629. The Morgan fingerprint density at radius 2 is 2.19 bits per heavy atom. The summed E-state index contributed by atoms with van der Waals surface area (Å²) in [6.07, 6.45) is 2.80. The highest BCUT2D eigenvalue weighted by molar-refractivity contribution is 5.84. The number of carbonyl (C=O) groups is 2. The number of allylic oxidation sites excluding steroid dienone is 1. The molecule has 1 N–H and O–H groups in total. The second kappa shape index (κ2) is 8.91. The molecule has 92 valence electrons. The first-order chi connectivity index (χ1) is 7.65. The molecule has 1 amide bonds. The zero-order valence-electron chi connectivity index (χ0n) is 9.82. The summed E-state index contributed by atoms with van der Waals surface area (Å²) in [5.74, 6) is -0.770. The molecule has 0 fully saturated rings. The molecule has 5 nitrogen and oxygen atoms in total. The number of hydrogen-bond donors (Lipinski definition) is 1. The van der Waals surface area contributed by atoms with E-state index in [-0.39, 0.29) is 12.5 Å². The van der Waals surface area contributed by atoms with E-state index in [1.807, 2.05) is 0 Å². The number of hydrogen-bond acceptors (Lipinski definition) is 4. The average Bonchev–Trinajstić information content (AvgIpc) is 2.30. The monoisotopic (exact) mass is 229 g/mol. The van der Waals surface area contributed by atoms with Crippen LogP contribution in [-0.2, 0) is 19.1 Å². The Labute approximate surface area is 95.8 Å². The first kappa shape index (κ1) is 14.6. The molecule has 0 aliphatic carbocycles. The van der Waals surface area contributed by atoms with Crippen molar-refractivity contribution in [1.82, 2.24) is 5.32 Å². The van der Waals surface area contributed by atoms with Crippen molar-refractivity contribution >= 4 is 11.9 Å². The SMILES string of the molecule is C=CCC[C@@H](NC(=O)COCC)C(=O)OC. The van der Waals surface area contributed by atoms with Gasteiger partial charge in [-0.1, -0.05) is 6.08 Å². The van der Waals surface area contributed by atoms with E-state index in [4.69, 9.17) is 4.74 Å². The molecule has 0 saturated carbocycles. The Bertz CT molecular complexity index is 240. The third kappa shape index (κ3) is 6.19. The fourth-order valence-electron chi connectivity index (χ4n) is 1.11. The van der Waals surface area contributed by atoms with Crippen LogP contribution in [0.1, 0.15) is 19.8 Å². The van der Waals surface area contributed by atoms with E-state index in [1.54, 1.807) is 13.0 Å². The molecule has 16 heavy (non-hydrogen) atoms. The highest BCUT2D eigenvalue weighted by Crippen LogP contribution is 2.00. The van der Waals surface area contributed by atoms with Gasteiger partial charge in [-0.25, -0.2) is 4.79 Å². The lowest BCUT2D eigenvalue weighted by atomic mass is 10.1. The largest absolute Gasteiger partial charge is 0.467 e. The third-order valence-electron chi connectivity index (χ3n) is 1.92. The van der Waals surface area contributed by atoms with Crippen LogP contribution in [0.15, 0.2) is 12.7 Å². The van der Waals surface area contributed by atoms with Crippen LogP contribution in [0.2, 0.25) is 0 Å². The molecule has 0 aromatic carbocycles. The van der Waals surface area contributed by atoms with E-state index in [1.165, 1.54) is 7.11 Å². The van der Waals surface area contributed by atoms with Gasteiger partial charge in [-0.15, -0.1) is 6.58 Å². The highest BCUT2D eigenvalue weighted by Gasteiger charge is 2.20. The number of esters is 1. The average molecular weight is 229 g/mol. The Kier molecular flexibility index (Phi) is 8.15. The number of rotatable bonds is 8. The molecular weight excluding hydrogens is 210 g/mol. The van der Waals surface area contributed by atoms with Crippen molar-refractivity contribution in [1.29, 1.82) is 0 Å². The maximum atomic E-state index is 11.3. The van der Waals surface area contributed by atoms with Crippen molar-refractivity contribution < 1.29 is 19.1 Å². The fraction of sp³-hybridized carbons (Fsp3) is 0.636. The molecule has 0 unspecified atom stereocenters. The minimum Gasteiger partial charge on any atom is -0.467 e. The maximum Gasteiger partial charge on any atom is 0.328 e. The van der Waals surface area contributed by atoms with Crippen molar-refractivity contribution in [2.75, 3.05) is 20.3 Å². The number of amides is 1. The molecule has 0 aromatic heterocycles. The lowest BCUT2D eigenvalue weighted by Crippen LogP contribution is -2.43. The van der Waals surface area contributed by atoms with Crippen LogP contribution in [0.25, 0.3) is 0 Å². The third-order valence-corrected chi connectivity index (χ3v) is 1.92. The topological polar surface area (TPSA) is 64.6 Å². The van der Waals surface area contributed by atoms with E-state index in [9.17, 15) is 9.59 Å². The molecule has 0 aliphatic rings. The fourth-order valence-corrected chi connectivity index (χ4v) is 1.11. The van der Waals surface area contributed by atoms with Crippen LogP contribution in [-0.4, -0.2) is 38.2 Å². The van der Waals surface area contributed by atoms with Gasteiger partial charge in [-0.2, -0.15) is 0 Å². The van der Waals surface area contributed by atoms with Crippen LogP contribution in [0.5, 0.6) is 0 Å². The predicted molar refractivity (Wildman–Crippen MR) is 59.9 cm³/mol. The summed E-state index contributed by atoms with van der Waals surface area (Å²) < 4.78 is 9.52. The van der Waals surface area contributed by atoms with Gasteiger partial charge in [-0.05, 0) is 19.8 Å². The molecule has 0 bridgehead atoms. The van der Waals surface area contributed by atoms with Crippen molar-refractivity contribution in [3.05, 3.63) is 12.7 Å². The van der Waals surface area contributed by atoms with E-state index in [0.29, 0.717) is 19.4 Å². The molecule has 0 aromatic rings. The summed E-state index contributed by atoms with van der Waals surface area (Å²) in [6, 6.07) is -0.629. The smallest absolute Gasteiger partial charge is 0.328 e. The number of ether oxygens (including phenoxy) is 2. The normalized spacial score (nSPS) is 11.6. The first-order valence-electron chi connectivity index (χ1n) is 5.21. The van der Waals surface area contributed by atoms with Crippen LogP contribution in [0.4, 0.5) is 0 Å². The van der Waals surface area contributed by atoms with E-state index in [0.717, 1.165) is 0 Å². The maximum absolute atomic E-state index is 11.3. The van der Waals surface area contributed by atoms with E-state index < -0.39 is 12.0 Å². The molecule has 5 heteroatoms. The summed E-state index contributed by atoms with van der Waals surface area (Å²) >= 11 is 0. The minimum absolute atomic E-state index is 0.0436. The Balaban J connectivity index is 4.13. The van der Waals surface area contributed by atoms with E-state index in [2.05, 4.69) is 16.6 Å². The number of methoxy groups -OCH3 is 1. The van der Waals surface area contributed by atoms with Gasteiger partial charge in [-0.3, -0.25) is 4.79 Å². The number of carbonyl (C=O) groups excluding carboxylic acids is 2. The second-order valence-electron chi connectivity index (χ2n) is 3.15. The molecule has 0 aliphatic heterocycles. The van der Waals surface area contributed by atoms with Crippen molar-refractivity contribution in [3.63, 3.8) is 0 Å². The number of nitrogens with one attached hydrogen (secondary N) is 1. The molecule has 0 rings (SSSR count). The molecule has 1 atom stereocenters. The first-order valence-corrected chi connectivity index (χ1v) is 5.21. The van der Waals surface area contributed by atoms with Gasteiger partial charge in [0.15, 0.2) is 0 Å². The van der Waals surface area contributed by atoms with Crippen LogP contribution in [0, 0.1) is 0 Å². The summed E-state index contributed by atoms with van der Waals surface area (Å²) in [7, 11) is 1.29. The molecule has 0 radical (unpaired) electrons. The van der Waals surface area contributed by atoms with Crippen LogP contribution >= 0.6 is 0 Å². The quantitative estimate of drug-likeness (QED) is 0.490. The molecular formula is C11H19NO4. The summed E-state index contributed by atoms with van der Waals surface area (Å²) in [5, 5.41) is 2.55. The van der Waals surface area contributed by atoms with Crippen molar-refractivity contribution in [2.45, 2.75) is 25.8 Å². The van der Waals surface area contributed by atoms with Gasteiger partial charge in [0.1, 0.15) is 12.6 Å². The van der Waals surface area contributed by atoms with Gasteiger partial charge < -0.3 is 14.8 Å². The molecule has 0 spiro atoms. The summed E-state index contributed by atoms with van der Waals surface area (Å²) in [4.78, 5) is 22.6. The van der Waals surface area contributed by atoms with Crippen LogP contribution in [0.3, 0.4) is 0 Å². The zero-order valence-corrected chi connectivity index (χ0v) is 9.82. The predicted octanol–water partition coefficient (Wildman–Crippen LogP) is 0.647. The summed E-state index contributed by atoms with van der Waals surface area (Å²) in [5.41, 5.74) is 0. The zero-order chi connectivity index (χ0) is 12.4. The second-order valence-corrected chi connectivity index (χ2v) is 3.15. The van der Waals surface area contributed by atoms with E-state index >= 15 is 0 Å². The highest BCUT2D eigenvalue weighted by atomic mass is 16.5. The lowest BCUT2D eigenvalue weighted by Gasteiger charge is -2.15. The Morgan fingerprint density at radius 3 is 2.69 bits per heavy atom. The van der Waals surface area contributed by atoms with Gasteiger partial charge >= 0.3 is 5.97 Å². The van der Waals surface area contributed by atoms with Crippen molar-refractivity contribution in [2.24, 2.45) is 0 Å². The standard InChI is InChI=1S/C11H19NO4/c1-4-6-7-9(11(14)15-3)12-10(13)8-16-5-2/h4,9H,1,5-8H2,2-3H3,(H,12,13)/t9-/m1/s1. The van der Waals surface area contributed by atoms with Crippen LogP contribution < -0.4 is 5.32 Å². The van der Waals surface area contributed by atoms with Gasteiger partial charge in [0.25, 0.3) is 0 Å². The van der Waals surface area contributed by atoms with Gasteiger partial charge in [0.05, 0.1) is 7.11 Å². The molecule has 0 heterocycles. The van der Waals surface area contributed by atoms with Crippen molar-refractivity contribution in [3.8, 4) is 0 Å². The van der Waals surface area contributed by atoms with Gasteiger partial charge in [0, 0.05) is 6.61 Å². The van der Waals surface area contributed by atoms with Gasteiger partial charge in [0.2, 0.25) is 5.91 Å². The summed E-state index contributed by atoms with van der Waals surface area (Å²) in [6.45, 7) is 5.77. The Morgan fingerprint density at radius 1 is 1.50 bits per heavy atom. The Hall–Kier alpha value is -1.36. The lowest BCUT2D eigenvalue weighted by molar-refractivity contribution is -0.145.